The van der Waals surface area contributed by atoms with Gasteiger partial charge in [-0.1, -0.05) is 11.8 Å². The van der Waals surface area contributed by atoms with Crippen molar-refractivity contribution in [2.45, 2.75) is 10.1 Å². The van der Waals surface area contributed by atoms with Crippen molar-refractivity contribution in [1.29, 1.82) is 0 Å². The van der Waals surface area contributed by atoms with E-state index in [9.17, 15) is 4.79 Å². The van der Waals surface area contributed by atoms with Crippen molar-refractivity contribution in [3.63, 3.8) is 0 Å². The summed E-state index contributed by atoms with van der Waals surface area (Å²) in [5, 5.41) is 11.8. The summed E-state index contributed by atoms with van der Waals surface area (Å²) in [6, 6.07) is 7.49. The molecule has 0 fully saturated rings. The van der Waals surface area contributed by atoms with E-state index in [1.807, 2.05) is 24.3 Å². The van der Waals surface area contributed by atoms with E-state index < -0.39 is 0 Å². The number of thiazole rings is 1. The Morgan fingerprint density at radius 3 is 2.75 bits per heavy atom. The molecule has 3 aromatic rings. The number of rotatable bonds is 4. The molecule has 0 aliphatic carbocycles. The summed E-state index contributed by atoms with van der Waals surface area (Å²) in [5.41, 5.74) is 2.78. The number of amides is 1. The third-order valence-corrected chi connectivity index (χ3v) is 3.87. The van der Waals surface area contributed by atoms with Gasteiger partial charge in [-0.15, -0.1) is 11.3 Å². The van der Waals surface area contributed by atoms with E-state index in [1.54, 1.807) is 10.9 Å². The molecule has 6 nitrogen and oxygen atoms in total. The summed E-state index contributed by atoms with van der Waals surface area (Å²) in [5.74, 6) is -0.207. The molecule has 0 saturated carbocycles. The first kappa shape index (κ1) is 12.8. The van der Waals surface area contributed by atoms with E-state index >= 15 is 0 Å². The van der Waals surface area contributed by atoms with Crippen LogP contribution in [-0.2, 0) is 0 Å². The summed E-state index contributed by atoms with van der Waals surface area (Å²) >= 11 is 2.86. The lowest BCUT2D eigenvalue weighted by Gasteiger charge is -2.04. The highest BCUT2D eigenvalue weighted by Gasteiger charge is 2.08. The number of hydrogen-bond donors (Lipinski definition) is 2. The monoisotopic (exact) mass is 303 g/mol. The van der Waals surface area contributed by atoms with Crippen molar-refractivity contribution in [3.8, 4) is 0 Å². The van der Waals surface area contributed by atoms with Crippen LogP contribution in [0.15, 0.2) is 51.5 Å². The minimum atomic E-state index is -0.207. The van der Waals surface area contributed by atoms with Crippen molar-refractivity contribution in [1.82, 2.24) is 20.2 Å². The second-order valence-electron chi connectivity index (χ2n) is 3.74. The molecular formula is C12H9N5OS2. The van der Waals surface area contributed by atoms with Crippen molar-refractivity contribution < 1.29 is 4.79 Å². The van der Waals surface area contributed by atoms with Gasteiger partial charge < -0.3 is 5.32 Å². The molecule has 0 atom stereocenters. The maximum absolute atomic E-state index is 11.8. The molecular weight excluding hydrogens is 294 g/mol. The number of hydrogen-bond acceptors (Lipinski definition) is 6. The molecule has 0 aliphatic heterocycles. The molecule has 1 aromatic carbocycles. The molecule has 0 spiro atoms. The molecule has 1 amide bonds. The van der Waals surface area contributed by atoms with Crippen molar-refractivity contribution in [3.05, 3.63) is 47.2 Å². The van der Waals surface area contributed by atoms with Crippen LogP contribution in [0.25, 0.3) is 0 Å². The zero-order chi connectivity index (χ0) is 13.8. The topological polar surface area (TPSA) is 83.6 Å². The van der Waals surface area contributed by atoms with Gasteiger partial charge in [0.1, 0.15) is 12.0 Å². The second-order valence-corrected chi connectivity index (χ2v) is 5.53. The van der Waals surface area contributed by atoms with Crippen molar-refractivity contribution in [2.24, 2.45) is 0 Å². The molecule has 100 valence electrons. The first-order valence-corrected chi connectivity index (χ1v) is 7.40. The number of benzene rings is 1. The molecule has 0 radical (unpaired) electrons. The predicted molar refractivity (Wildman–Crippen MR) is 77.0 cm³/mol. The molecule has 2 aromatic heterocycles. The lowest BCUT2D eigenvalue weighted by Crippen LogP contribution is -2.11. The van der Waals surface area contributed by atoms with Crippen LogP contribution in [0.4, 0.5) is 5.69 Å². The zero-order valence-corrected chi connectivity index (χ0v) is 11.7. The molecule has 2 N–H and O–H groups in total. The minimum absolute atomic E-state index is 0.207. The quantitative estimate of drug-likeness (QED) is 0.774. The summed E-state index contributed by atoms with van der Waals surface area (Å²) in [4.78, 5) is 20.8. The fourth-order valence-electron chi connectivity index (χ4n) is 1.48. The van der Waals surface area contributed by atoms with Gasteiger partial charge in [0.05, 0.1) is 5.51 Å². The normalized spacial score (nSPS) is 10.4. The second kappa shape index (κ2) is 5.85. The van der Waals surface area contributed by atoms with Crippen LogP contribution < -0.4 is 5.32 Å². The maximum Gasteiger partial charge on any atom is 0.275 e. The number of aromatic nitrogens is 4. The average molecular weight is 303 g/mol. The maximum atomic E-state index is 11.8. The SMILES string of the molecule is O=C(Nc1ccc(Sc2ncn[nH]2)cc1)c1cscn1. The zero-order valence-electron chi connectivity index (χ0n) is 10.1. The minimum Gasteiger partial charge on any atom is -0.321 e. The number of nitrogens with zero attached hydrogens (tertiary/aromatic N) is 3. The van der Waals surface area contributed by atoms with Crippen LogP contribution in [0, 0.1) is 0 Å². The van der Waals surface area contributed by atoms with Crippen LogP contribution >= 0.6 is 23.1 Å². The number of carbonyl (C=O) groups is 1. The van der Waals surface area contributed by atoms with Gasteiger partial charge >= 0.3 is 0 Å². The molecule has 8 heteroatoms. The van der Waals surface area contributed by atoms with Gasteiger partial charge in [-0.25, -0.2) is 9.97 Å². The molecule has 0 bridgehead atoms. The lowest BCUT2D eigenvalue weighted by atomic mass is 10.3. The number of aromatic amines is 1. The Morgan fingerprint density at radius 2 is 2.10 bits per heavy atom. The van der Waals surface area contributed by atoms with Gasteiger partial charge in [-0.05, 0) is 24.3 Å². The highest BCUT2D eigenvalue weighted by atomic mass is 32.2. The molecule has 3 rings (SSSR count). The smallest absolute Gasteiger partial charge is 0.275 e. The van der Waals surface area contributed by atoms with Gasteiger partial charge in [0, 0.05) is 16.0 Å². The fraction of sp³-hybridized carbons (Fsp3) is 0. The largest absolute Gasteiger partial charge is 0.321 e. The predicted octanol–water partition coefficient (Wildman–Crippen LogP) is 2.66. The van der Waals surface area contributed by atoms with Crippen LogP contribution in [-0.4, -0.2) is 26.1 Å². The Balaban J connectivity index is 1.65. The molecule has 2 heterocycles. The molecule has 0 unspecified atom stereocenters. The van der Waals surface area contributed by atoms with Crippen LogP contribution in [0.5, 0.6) is 0 Å². The summed E-state index contributed by atoms with van der Waals surface area (Å²) in [7, 11) is 0. The van der Waals surface area contributed by atoms with E-state index in [4.69, 9.17) is 0 Å². The van der Waals surface area contributed by atoms with Gasteiger partial charge in [0.15, 0.2) is 5.16 Å². The van der Waals surface area contributed by atoms with Crippen LogP contribution in [0.2, 0.25) is 0 Å². The van der Waals surface area contributed by atoms with E-state index in [1.165, 1.54) is 29.4 Å². The lowest BCUT2D eigenvalue weighted by molar-refractivity contribution is 0.102. The van der Waals surface area contributed by atoms with E-state index in [-0.39, 0.29) is 5.91 Å². The highest BCUT2D eigenvalue weighted by Crippen LogP contribution is 2.25. The summed E-state index contributed by atoms with van der Waals surface area (Å²) in [6.45, 7) is 0. The third kappa shape index (κ3) is 3.03. The van der Waals surface area contributed by atoms with Gasteiger partial charge in [-0.2, -0.15) is 5.10 Å². The van der Waals surface area contributed by atoms with Crippen LogP contribution in [0.1, 0.15) is 10.5 Å². The number of anilines is 1. The fourth-order valence-corrected chi connectivity index (χ4v) is 2.71. The number of H-pyrrole nitrogens is 1. The standard InChI is InChI=1S/C12H9N5OS2/c18-11(10-5-19-7-14-10)16-8-1-3-9(4-2-8)20-12-13-6-15-17-12/h1-7H,(H,16,18)(H,13,15,17). The van der Waals surface area contributed by atoms with E-state index in [0.717, 1.165) is 15.7 Å². The highest BCUT2D eigenvalue weighted by molar-refractivity contribution is 7.99. The van der Waals surface area contributed by atoms with Gasteiger partial charge in [0.25, 0.3) is 5.91 Å². The molecule has 0 saturated heterocycles. The Labute approximate surface area is 122 Å². The van der Waals surface area contributed by atoms with Gasteiger partial charge in [0.2, 0.25) is 0 Å². The Bertz CT molecular complexity index is 679. The van der Waals surface area contributed by atoms with E-state index in [2.05, 4.69) is 25.5 Å². The van der Waals surface area contributed by atoms with Crippen molar-refractivity contribution >= 4 is 34.7 Å². The number of carbonyl (C=O) groups excluding carboxylic acids is 1. The Kier molecular flexibility index (Phi) is 3.75. The number of nitrogens with one attached hydrogen (secondary N) is 2. The van der Waals surface area contributed by atoms with Crippen molar-refractivity contribution in [2.75, 3.05) is 5.32 Å². The van der Waals surface area contributed by atoms with Gasteiger partial charge in [-0.3, -0.25) is 9.89 Å². The molecule has 20 heavy (non-hydrogen) atoms. The average Bonchev–Trinajstić information content (AvgIpc) is 3.13. The van der Waals surface area contributed by atoms with Crippen LogP contribution in [0.3, 0.4) is 0 Å². The Morgan fingerprint density at radius 1 is 1.25 bits per heavy atom. The first-order valence-electron chi connectivity index (χ1n) is 5.64. The summed E-state index contributed by atoms with van der Waals surface area (Å²) in [6.07, 6.45) is 1.46. The molecule has 0 aliphatic rings. The van der Waals surface area contributed by atoms with E-state index in [0.29, 0.717) is 5.69 Å². The summed E-state index contributed by atoms with van der Waals surface area (Å²) < 4.78 is 0. The first-order chi connectivity index (χ1) is 9.81. The third-order valence-electron chi connectivity index (χ3n) is 2.38. The Hall–Kier alpha value is -2.19.